The lowest BCUT2D eigenvalue weighted by Gasteiger charge is -2.47. The van der Waals surface area contributed by atoms with E-state index in [9.17, 15) is 16.8 Å². The Balaban J connectivity index is 3.31. The van der Waals surface area contributed by atoms with Crippen LogP contribution in [0.2, 0.25) is 13.1 Å². The SMILES string of the molecule is C[SiH](C)OC[C@]1(C(C)(C)C)C[C@H](OS(C)(=O)=O)CN1S(C)(=O)=O. The van der Waals surface area contributed by atoms with E-state index in [1.165, 1.54) is 4.31 Å². The molecule has 10 heteroatoms. The normalized spacial score (nSPS) is 27.7. The molecule has 7 nitrogen and oxygen atoms in total. The van der Waals surface area contributed by atoms with Crippen molar-refractivity contribution in [1.29, 1.82) is 0 Å². The van der Waals surface area contributed by atoms with E-state index in [1.54, 1.807) is 0 Å². The summed E-state index contributed by atoms with van der Waals surface area (Å²) in [6.45, 7) is 10.1. The van der Waals surface area contributed by atoms with Crippen molar-refractivity contribution in [3.63, 3.8) is 0 Å². The van der Waals surface area contributed by atoms with Crippen LogP contribution >= 0.6 is 0 Å². The summed E-state index contributed by atoms with van der Waals surface area (Å²) in [4.78, 5) is 0. The van der Waals surface area contributed by atoms with Gasteiger partial charge >= 0.3 is 0 Å². The van der Waals surface area contributed by atoms with E-state index >= 15 is 0 Å². The molecule has 0 spiro atoms. The second-order valence-corrected chi connectivity index (χ2v) is 13.5. The summed E-state index contributed by atoms with van der Waals surface area (Å²) in [6.07, 6.45) is 1.71. The first-order chi connectivity index (χ1) is 10.1. The highest BCUT2D eigenvalue weighted by Crippen LogP contribution is 2.46. The van der Waals surface area contributed by atoms with Crippen LogP contribution in [0.1, 0.15) is 27.2 Å². The van der Waals surface area contributed by atoms with Crippen molar-refractivity contribution in [3.05, 3.63) is 0 Å². The topological polar surface area (TPSA) is 90.0 Å². The van der Waals surface area contributed by atoms with Gasteiger partial charge in [-0.05, 0) is 24.9 Å². The van der Waals surface area contributed by atoms with Crippen LogP contribution in [0.25, 0.3) is 0 Å². The van der Waals surface area contributed by atoms with Crippen LogP contribution in [-0.4, -0.2) is 67.5 Å². The third-order valence-electron chi connectivity index (χ3n) is 4.17. The Kier molecular flexibility index (Phi) is 6.14. The van der Waals surface area contributed by atoms with Crippen molar-refractivity contribution >= 4 is 29.2 Å². The summed E-state index contributed by atoms with van der Waals surface area (Å²) in [5.74, 6) is 0. The molecule has 0 N–H and O–H groups in total. The molecule has 1 fully saturated rings. The van der Waals surface area contributed by atoms with Crippen molar-refractivity contribution in [2.75, 3.05) is 25.7 Å². The summed E-state index contributed by atoms with van der Waals surface area (Å²) in [5, 5.41) is 0. The van der Waals surface area contributed by atoms with Crippen molar-refractivity contribution in [1.82, 2.24) is 4.31 Å². The van der Waals surface area contributed by atoms with Gasteiger partial charge in [-0.3, -0.25) is 4.18 Å². The minimum Gasteiger partial charge on any atom is -0.419 e. The van der Waals surface area contributed by atoms with E-state index in [0.29, 0.717) is 0 Å². The first-order valence-corrected chi connectivity index (χ1v) is 14.0. The number of hydrogen-bond acceptors (Lipinski definition) is 6. The van der Waals surface area contributed by atoms with Gasteiger partial charge in [-0.2, -0.15) is 12.7 Å². The van der Waals surface area contributed by atoms with Gasteiger partial charge in [0.1, 0.15) is 0 Å². The lowest BCUT2D eigenvalue weighted by molar-refractivity contribution is 0.0317. The fraction of sp³-hybridized carbons (Fsp3) is 1.00. The number of sulfonamides is 1. The molecule has 0 aromatic heterocycles. The van der Waals surface area contributed by atoms with Crippen molar-refractivity contribution in [2.45, 2.75) is 51.9 Å². The minimum atomic E-state index is -3.66. The van der Waals surface area contributed by atoms with Crippen LogP contribution in [0.4, 0.5) is 0 Å². The summed E-state index contributed by atoms with van der Waals surface area (Å²) < 4.78 is 59.9. The Morgan fingerprint density at radius 1 is 1.17 bits per heavy atom. The molecule has 0 aromatic rings. The predicted octanol–water partition coefficient (Wildman–Crippen LogP) is 0.781. The Bertz CT molecular complexity index is 625. The van der Waals surface area contributed by atoms with E-state index in [-0.39, 0.29) is 19.6 Å². The van der Waals surface area contributed by atoms with Gasteiger partial charge in [0.15, 0.2) is 9.04 Å². The van der Waals surface area contributed by atoms with Crippen molar-refractivity contribution in [2.24, 2.45) is 5.41 Å². The maximum Gasteiger partial charge on any atom is 0.264 e. The average molecular weight is 388 g/mol. The molecule has 0 bridgehead atoms. The Hall–Kier alpha value is -0.00312. The van der Waals surface area contributed by atoms with Crippen LogP contribution in [0.15, 0.2) is 0 Å². The lowest BCUT2D eigenvalue weighted by atomic mass is 9.73. The molecule has 1 heterocycles. The van der Waals surface area contributed by atoms with E-state index in [2.05, 4.69) is 0 Å². The molecule has 0 saturated carbocycles. The molecule has 138 valence electrons. The summed E-state index contributed by atoms with van der Waals surface area (Å²) in [6, 6.07) is 0. The second kappa shape index (κ2) is 6.72. The largest absolute Gasteiger partial charge is 0.419 e. The van der Waals surface area contributed by atoms with E-state index in [0.717, 1.165) is 12.5 Å². The lowest BCUT2D eigenvalue weighted by Crippen LogP contribution is -2.58. The Morgan fingerprint density at radius 3 is 2.04 bits per heavy atom. The van der Waals surface area contributed by atoms with Gasteiger partial charge in [0.05, 0.1) is 30.8 Å². The van der Waals surface area contributed by atoms with Crippen LogP contribution in [0, 0.1) is 5.41 Å². The summed E-state index contributed by atoms with van der Waals surface area (Å²) >= 11 is 0. The molecular formula is C13H29NO6S2Si. The van der Waals surface area contributed by atoms with Gasteiger partial charge in [-0.25, -0.2) is 8.42 Å². The smallest absolute Gasteiger partial charge is 0.264 e. The van der Waals surface area contributed by atoms with Gasteiger partial charge < -0.3 is 4.43 Å². The molecule has 1 rings (SSSR count). The average Bonchev–Trinajstić information content (AvgIpc) is 2.62. The molecule has 1 aliphatic heterocycles. The van der Waals surface area contributed by atoms with Gasteiger partial charge in [-0.15, -0.1) is 0 Å². The van der Waals surface area contributed by atoms with Crippen LogP contribution in [0.5, 0.6) is 0 Å². The molecule has 0 amide bonds. The van der Waals surface area contributed by atoms with Gasteiger partial charge in [0.25, 0.3) is 10.1 Å². The molecule has 1 aliphatic rings. The second-order valence-electron chi connectivity index (χ2n) is 7.56. The van der Waals surface area contributed by atoms with Crippen LogP contribution < -0.4 is 0 Å². The molecule has 0 radical (unpaired) electrons. The monoisotopic (exact) mass is 387 g/mol. The summed E-state index contributed by atoms with van der Waals surface area (Å²) in [7, 11) is -8.56. The van der Waals surface area contributed by atoms with E-state index in [1.807, 2.05) is 33.9 Å². The van der Waals surface area contributed by atoms with Crippen molar-refractivity contribution < 1.29 is 25.4 Å². The fourth-order valence-electron chi connectivity index (χ4n) is 3.00. The van der Waals surface area contributed by atoms with E-state index in [4.69, 9.17) is 8.61 Å². The van der Waals surface area contributed by atoms with E-state index < -0.39 is 46.2 Å². The Morgan fingerprint density at radius 2 is 1.70 bits per heavy atom. The Labute approximate surface area is 142 Å². The number of nitrogens with zero attached hydrogens (tertiary/aromatic N) is 1. The zero-order chi connectivity index (χ0) is 18.3. The fourth-order valence-corrected chi connectivity index (χ4v) is 5.70. The molecule has 1 saturated heterocycles. The molecule has 0 unspecified atom stereocenters. The highest BCUT2D eigenvalue weighted by molar-refractivity contribution is 7.88. The summed E-state index contributed by atoms with van der Waals surface area (Å²) in [5.41, 5.74) is -1.26. The molecular weight excluding hydrogens is 358 g/mol. The molecule has 0 aliphatic carbocycles. The highest BCUT2D eigenvalue weighted by atomic mass is 32.2. The number of hydrogen-bond donors (Lipinski definition) is 0. The van der Waals surface area contributed by atoms with Crippen molar-refractivity contribution in [3.8, 4) is 0 Å². The predicted molar refractivity (Wildman–Crippen MR) is 92.9 cm³/mol. The zero-order valence-electron chi connectivity index (χ0n) is 15.0. The first-order valence-electron chi connectivity index (χ1n) is 7.56. The highest BCUT2D eigenvalue weighted by Gasteiger charge is 2.57. The molecule has 23 heavy (non-hydrogen) atoms. The van der Waals surface area contributed by atoms with Gasteiger partial charge in [0, 0.05) is 6.54 Å². The maximum atomic E-state index is 12.3. The zero-order valence-corrected chi connectivity index (χ0v) is 17.8. The van der Waals surface area contributed by atoms with Crippen LogP contribution in [-0.2, 0) is 28.8 Å². The first kappa shape index (κ1) is 21.0. The standard InChI is InChI=1S/C13H29NO6S2Si/c1-12(2,3)13(10-19-23(6)7)8-11(20-22(5,17)18)9-14(13)21(4,15)16/h11,23H,8-10H2,1-7H3/t11-,13-/m0/s1. The minimum absolute atomic E-state index is 0.0200. The van der Waals surface area contributed by atoms with Gasteiger partial charge in [-0.1, -0.05) is 20.8 Å². The molecule has 2 atom stereocenters. The molecule has 0 aromatic carbocycles. The third kappa shape index (κ3) is 5.23. The van der Waals surface area contributed by atoms with Crippen LogP contribution in [0.3, 0.4) is 0 Å². The van der Waals surface area contributed by atoms with Gasteiger partial charge in [0.2, 0.25) is 10.0 Å². The maximum absolute atomic E-state index is 12.3. The third-order valence-corrected chi connectivity index (χ3v) is 6.93. The quantitative estimate of drug-likeness (QED) is 0.494. The number of rotatable bonds is 6.